The van der Waals surface area contributed by atoms with E-state index in [9.17, 15) is 4.79 Å². The lowest BCUT2D eigenvalue weighted by Gasteiger charge is -2.13. The number of carbonyl (C=O) groups is 1. The van der Waals surface area contributed by atoms with E-state index in [2.05, 4.69) is 21.9 Å². The number of halogens is 1. The molecule has 0 radical (unpaired) electrons. The van der Waals surface area contributed by atoms with Gasteiger partial charge in [-0.2, -0.15) is 0 Å². The first kappa shape index (κ1) is 15.7. The Hall–Kier alpha value is -2.66. The summed E-state index contributed by atoms with van der Waals surface area (Å²) in [5.74, 6) is -1.03. The predicted molar refractivity (Wildman–Crippen MR) is 87.6 cm³/mol. The molecule has 1 aromatic carbocycles. The van der Waals surface area contributed by atoms with Gasteiger partial charge in [-0.05, 0) is 30.7 Å². The number of aromatic nitrogens is 2. The number of allylic oxidation sites excluding steroid dienone is 1. The van der Waals surface area contributed by atoms with Crippen molar-refractivity contribution in [3.63, 3.8) is 0 Å². The van der Waals surface area contributed by atoms with E-state index in [1.807, 2.05) is 0 Å². The van der Waals surface area contributed by atoms with Crippen LogP contribution in [0.2, 0.25) is 5.02 Å². The second-order valence-corrected chi connectivity index (χ2v) is 4.99. The summed E-state index contributed by atoms with van der Waals surface area (Å²) in [5, 5.41) is 12.4. The van der Waals surface area contributed by atoms with Crippen molar-refractivity contribution in [1.29, 1.82) is 0 Å². The summed E-state index contributed by atoms with van der Waals surface area (Å²) in [7, 11) is 0. The topological polar surface area (TPSA) is 75.1 Å². The van der Waals surface area contributed by atoms with Gasteiger partial charge in [0, 0.05) is 35.4 Å². The van der Waals surface area contributed by atoms with Gasteiger partial charge < -0.3 is 10.4 Å². The summed E-state index contributed by atoms with van der Waals surface area (Å²) in [4.78, 5) is 19.0. The number of anilines is 1. The zero-order valence-electron chi connectivity index (χ0n) is 11.9. The van der Waals surface area contributed by atoms with Crippen LogP contribution in [0.25, 0.3) is 17.3 Å². The Morgan fingerprint density at radius 1 is 1.41 bits per heavy atom. The van der Waals surface area contributed by atoms with Gasteiger partial charge in [0.15, 0.2) is 0 Å². The minimum atomic E-state index is -1.03. The van der Waals surface area contributed by atoms with E-state index >= 15 is 0 Å². The number of benzene rings is 1. The van der Waals surface area contributed by atoms with Crippen molar-refractivity contribution in [3.05, 3.63) is 59.7 Å². The third kappa shape index (κ3) is 3.93. The molecule has 0 aliphatic carbocycles. The largest absolute Gasteiger partial charge is 0.478 e. The molecule has 6 heteroatoms. The van der Waals surface area contributed by atoms with Crippen LogP contribution < -0.4 is 5.32 Å². The highest BCUT2D eigenvalue weighted by Crippen LogP contribution is 2.33. The van der Waals surface area contributed by atoms with Gasteiger partial charge in [0.05, 0.1) is 16.9 Å². The van der Waals surface area contributed by atoms with Crippen molar-refractivity contribution in [1.82, 2.24) is 9.97 Å². The highest BCUT2D eigenvalue weighted by atomic mass is 35.5. The van der Waals surface area contributed by atoms with E-state index in [-0.39, 0.29) is 0 Å². The van der Waals surface area contributed by atoms with Crippen LogP contribution in [0.3, 0.4) is 0 Å². The van der Waals surface area contributed by atoms with E-state index in [0.29, 0.717) is 33.2 Å². The predicted octanol–water partition coefficient (Wildman–Crippen LogP) is 3.84. The number of carboxylic acid groups (broad SMARTS) is 1. The molecular formula is C16H14ClN3O2. The first-order valence-electron chi connectivity index (χ1n) is 6.41. The third-order valence-corrected chi connectivity index (χ3v) is 3.04. The Labute approximate surface area is 133 Å². The van der Waals surface area contributed by atoms with Gasteiger partial charge in [-0.1, -0.05) is 18.2 Å². The number of hydrogen-bond donors (Lipinski definition) is 2. The molecule has 2 aromatic rings. The van der Waals surface area contributed by atoms with Gasteiger partial charge in [-0.3, -0.25) is 9.97 Å². The monoisotopic (exact) mass is 315 g/mol. The maximum Gasteiger partial charge on any atom is 0.328 e. The summed E-state index contributed by atoms with van der Waals surface area (Å²) >= 11 is 6.30. The lowest BCUT2D eigenvalue weighted by Crippen LogP contribution is -1.98. The Morgan fingerprint density at radius 3 is 2.77 bits per heavy atom. The van der Waals surface area contributed by atoms with Gasteiger partial charge in [-0.25, -0.2) is 4.79 Å². The minimum Gasteiger partial charge on any atom is -0.478 e. The molecule has 1 aromatic heterocycles. The molecule has 0 atom stereocenters. The maximum atomic E-state index is 10.8. The lowest BCUT2D eigenvalue weighted by molar-refractivity contribution is -0.131. The van der Waals surface area contributed by atoms with Gasteiger partial charge in [0.2, 0.25) is 0 Å². The molecule has 22 heavy (non-hydrogen) atoms. The summed E-state index contributed by atoms with van der Waals surface area (Å²) in [6.45, 7) is 5.58. The van der Waals surface area contributed by atoms with E-state index in [0.717, 1.165) is 6.08 Å². The molecule has 2 N–H and O–H groups in total. The van der Waals surface area contributed by atoms with Crippen molar-refractivity contribution < 1.29 is 9.90 Å². The second kappa shape index (κ2) is 6.87. The summed E-state index contributed by atoms with van der Waals surface area (Å²) in [6, 6.07) is 3.47. The highest BCUT2D eigenvalue weighted by molar-refractivity contribution is 6.33. The quantitative estimate of drug-likeness (QED) is 0.820. The second-order valence-electron chi connectivity index (χ2n) is 4.59. The number of aliphatic carboxylic acids is 1. The van der Waals surface area contributed by atoms with Crippen molar-refractivity contribution in [2.45, 2.75) is 6.92 Å². The number of hydrogen-bond acceptors (Lipinski definition) is 4. The van der Waals surface area contributed by atoms with Crippen LogP contribution >= 0.6 is 11.6 Å². The fourth-order valence-corrected chi connectivity index (χ4v) is 2.12. The molecule has 0 spiro atoms. The van der Waals surface area contributed by atoms with Gasteiger partial charge >= 0.3 is 5.97 Å². The van der Waals surface area contributed by atoms with Crippen molar-refractivity contribution in [2.24, 2.45) is 0 Å². The molecule has 0 saturated heterocycles. The number of nitrogens with one attached hydrogen (secondary N) is 1. The molecule has 0 unspecified atom stereocenters. The molecule has 0 aliphatic rings. The van der Waals surface area contributed by atoms with Crippen molar-refractivity contribution in [3.8, 4) is 11.3 Å². The molecule has 0 amide bonds. The Bertz CT molecular complexity index is 743. The maximum absolute atomic E-state index is 10.8. The van der Waals surface area contributed by atoms with E-state index in [4.69, 9.17) is 16.7 Å². The van der Waals surface area contributed by atoms with Gasteiger partial charge in [0.25, 0.3) is 0 Å². The van der Waals surface area contributed by atoms with Crippen LogP contribution in [-0.2, 0) is 4.79 Å². The molecule has 112 valence electrons. The van der Waals surface area contributed by atoms with Crippen LogP contribution in [0.1, 0.15) is 12.5 Å². The first-order chi connectivity index (χ1) is 10.5. The van der Waals surface area contributed by atoms with E-state index in [1.165, 1.54) is 6.08 Å². The van der Waals surface area contributed by atoms with E-state index < -0.39 is 5.97 Å². The SMILES string of the molecule is C=C(C)Nc1cc(Cl)c(-c2cnccn2)cc1/C=C/C(=O)O. The normalized spacial score (nSPS) is 10.6. The summed E-state index contributed by atoms with van der Waals surface area (Å²) in [5.41, 5.74) is 3.33. The smallest absolute Gasteiger partial charge is 0.328 e. The van der Waals surface area contributed by atoms with Crippen LogP contribution in [0.5, 0.6) is 0 Å². The summed E-state index contributed by atoms with van der Waals surface area (Å²) in [6.07, 6.45) is 7.28. The van der Waals surface area contributed by atoms with E-state index in [1.54, 1.807) is 37.6 Å². The van der Waals surface area contributed by atoms with Crippen LogP contribution in [0.15, 0.2) is 49.1 Å². The fourth-order valence-electron chi connectivity index (χ4n) is 1.86. The molecule has 0 aliphatic heterocycles. The molecular weight excluding hydrogens is 302 g/mol. The van der Waals surface area contributed by atoms with Crippen molar-refractivity contribution >= 4 is 29.3 Å². The highest BCUT2D eigenvalue weighted by Gasteiger charge is 2.10. The van der Waals surface area contributed by atoms with Crippen LogP contribution in [0.4, 0.5) is 5.69 Å². The molecule has 2 rings (SSSR count). The molecule has 1 heterocycles. The van der Waals surface area contributed by atoms with Crippen molar-refractivity contribution in [2.75, 3.05) is 5.32 Å². The Balaban J connectivity index is 2.56. The summed E-state index contributed by atoms with van der Waals surface area (Å²) < 4.78 is 0. The zero-order chi connectivity index (χ0) is 16.1. The molecule has 0 saturated carbocycles. The number of rotatable bonds is 5. The third-order valence-electron chi connectivity index (χ3n) is 2.73. The molecule has 5 nitrogen and oxygen atoms in total. The van der Waals surface area contributed by atoms with Crippen LogP contribution in [0, 0.1) is 0 Å². The fraction of sp³-hybridized carbons (Fsp3) is 0.0625. The average Bonchev–Trinajstić information content (AvgIpc) is 2.46. The van der Waals surface area contributed by atoms with Gasteiger partial charge in [0.1, 0.15) is 0 Å². The average molecular weight is 316 g/mol. The molecule has 0 bridgehead atoms. The standard InChI is InChI=1S/C16H14ClN3O2/c1-10(2)20-14-8-13(17)12(15-9-18-5-6-19-15)7-11(14)3-4-16(21)22/h3-9,20H,1H2,2H3,(H,21,22)/b4-3+. The number of carboxylic acids is 1. The Kier molecular flexibility index (Phi) is 4.91. The molecule has 0 fully saturated rings. The Morgan fingerprint density at radius 2 is 2.18 bits per heavy atom. The lowest BCUT2D eigenvalue weighted by atomic mass is 10.1. The number of nitrogens with zero attached hydrogens (tertiary/aromatic N) is 2. The minimum absolute atomic E-state index is 0.483. The van der Waals surface area contributed by atoms with Gasteiger partial charge in [-0.15, -0.1) is 0 Å². The zero-order valence-corrected chi connectivity index (χ0v) is 12.6. The van der Waals surface area contributed by atoms with Crippen LogP contribution in [-0.4, -0.2) is 21.0 Å². The first-order valence-corrected chi connectivity index (χ1v) is 6.78.